The summed E-state index contributed by atoms with van der Waals surface area (Å²) in [7, 11) is 0. The molecule has 10 aliphatic rings. The molecule has 9 aliphatic heterocycles. The van der Waals surface area contributed by atoms with Crippen molar-refractivity contribution >= 4 is 11.6 Å². The Hall–Kier alpha value is -1.79. The van der Waals surface area contributed by atoms with E-state index >= 15 is 0 Å². The number of carbonyl (C=O) groups is 1. The van der Waals surface area contributed by atoms with E-state index in [4.69, 9.17) is 0 Å². The maximum Gasteiger partial charge on any atom is 0.241 e. The predicted octanol–water partition coefficient (Wildman–Crippen LogP) is 9.57. The summed E-state index contributed by atoms with van der Waals surface area (Å²) in [6, 6.07) is 15.8. The summed E-state index contributed by atoms with van der Waals surface area (Å²) in [4.78, 5) is 34.1. The molecule has 11 rings (SSSR count). The zero-order chi connectivity index (χ0) is 48.2. The Morgan fingerprint density at radius 1 is 0.448 bits per heavy atom. The van der Waals surface area contributed by atoms with Crippen LogP contribution in [0.25, 0.3) is 0 Å². The molecule has 0 aromatic heterocycles. The van der Waals surface area contributed by atoms with Gasteiger partial charge in [0.15, 0.2) is 0 Å². The average molecular weight is 933 g/mol. The first-order valence-corrected chi connectivity index (χ1v) is 28.5. The monoisotopic (exact) mass is 932 g/mol. The van der Waals surface area contributed by atoms with Crippen molar-refractivity contribution in [3.05, 3.63) is 29.8 Å². The predicted molar refractivity (Wildman–Crippen MR) is 285 cm³/mol. The lowest BCUT2D eigenvalue weighted by atomic mass is 9.78. The number of piperidine rings is 1. The van der Waals surface area contributed by atoms with Gasteiger partial charge in [0.25, 0.3) is 0 Å². The number of carbonyl (C=O) groups excluding carboxylic acids is 1. The highest BCUT2D eigenvalue weighted by Gasteiger charge is 2.42. The van der Waals surface area contributed by atoms with Gasteiger partial charge < -0.3 is 9.80 Å². The van der Waals surface area contributed by atoms with Gasteiger partial charge in [-0.3, -0.25) is 39.1 Å². The number of hydrogen-bond donors (Lipinski definition) is 0. The molecule has 1 aromatic rings. The van der Waals surface area contributed by atoms with Crippen molar-refractivity contribution < 1.29 is 4.79 Å². The van der Waals surface area contributed by atoms with E-state index in [1.807, 2.05) is 4.90 Å². The van der Waals surface area contributed by atoms with Crippen LogP contribution in [0.5, 0.6) is 0 Å². The van der Waals surface area contributed by atoms with Crippen molar-refractivity contribution in [2.75, 3.05) is 90.2 Å². The molecule has 1 amide bonds. The summed E-state index contributed by atoms with van der Waals surface area (Å²) in [5.41, 5.74) is 2.96. The molecule has 1 aliphatic carbocycles. The number of rotatable bonds is 6. The van der Waals surface area contributed by atoms with Crippen LogP contribution in [0.2, 0.25) is 0 Å². The van der Waals surface area contributed by atoms with Gasteiger partial charge >= 0.3 is 0 Å². The standard InChI is InChI=1S/C12H23N.C12H17N.C10H20N2.C9H16N2O.C9H18N2.C5H11N/c2*1-10(2)13-9-5-7-11-6-3-4-8-12(11)13;1-9(2)12-7-6-11-5-3-4-10(11)8-12;1-7(2)11-6-10-5-3-4-8(10)9(11)12;1-8(2)11-6-9-4-3-5-10(9)7-11;1-5(2)6-3-4-6/h10-12H,3-9H2,1-2H3;3-4,6,8,10H,5,7,9H2,1-2H3;9-10H,3-8H2,1-2H3;7-8H,3-6H2,1-2H3;8-9H,3-7H2,1-2H3;5H,3-4H2,1-2H3. The van der Waals surface area contributed by atoms with Crippen molar-refractivity contribution in [2.24, 2.45) is 5.92 Å². The quantitative estimate of drug-likeness (QED) is 0.260. The van der Waals surface area contributed by atoms with Crippen molar-refractivity contribution in [1.82, 2.24) is 39.2 Å². The van der Waals surface area contributed by atoms with Gasteiger partial charge in [0.2, 0.25) is 5.91 Å². The van der Waals surface area contributed by atoms with Crippen molar-refractivity contribution in [3.63, 3.8) is 0 Å². The van der Waals surface area contributed by atoms with Crippen LogP contribution in [0.4, 0.5) is 5.69 Å². The SMILES string of the molecule is CC(C)N1CC1.CC(C)N1CC2CCCN2C1.CC(C)N1CCCC2CCCCC21.CC(C)N1CCCc2ccccc21.CC(C)N1CCN2CCCC2C1.CC(C)N1CN2CCCC2C1=O. The van der Waals surface area contributed by atoms with Crippen LogP contribution in [-0.4, -0.2) is 191 Å². The molecule has 0 bridgehead atoms. The molecular formula is C57H105N9O. The number of benzene rings is 1. The van der Waals surface area contributed by atoms with Crippen molar-refractivity contribution in [1.29, 1.82) is 0 Å². The third kappa shape index (κ3) is 15.6. The summed E-state index contributed by atoms with van der Waals surface area (Å²) in [5, 5.41) is 0. The molecule has 0 N–H and O–H groups in total. The van der Waals surface area contributed by atoms with E-state index in [1.54, 1.807) is 0 Å². The minimum absolute atomic E-state index is 0.229. The van der Waals surface area contributed by atoms with Gasteiger partial charge in [-0.15, -0.1) is 0 Å². The molecule has 0 radical (unpaired) electrons. The van der Waals surface area contributed by atoms with E-state index in [0.29, 0.717) is 18.0 Å². The van der Waals surface area contributed by atoms with E-state index in [2.05, 4.69) is 147 Å². The number of para-hydroxylation sites is 1. The van der Waals surface area contributed by atoms with Gasteiger partial charge in [-0.25, -0.2) is 0 Å². The fraction of sp³-hybridized carbons (Fsp3) is 0.877. The van der Waals surface area contributed by atoms with E-state index in [1.165, 1.54) is 167 Å². The number of anilines is 1. The molecule has 1 saturated carbocycles. The highest BCUT2D eigenvalue weighted by molar-refractivity contribution is 5.84. The zero-order valence-electron chi connectivity index (χ0n) is 45.7. The molecular weight excluding hydrogens is 827 g/mol. The van der Waals surface area contributed by atoms with E-state index in [-0.39, 0.29) is 6.04 Å². The van der Waals surface area contributed by atoms with E-state index in [0.717, 1.165) is 67.8 Å². The number of fused-ring (bicyclic) bond motifs is 5. The molecule has 5 atom stereocenters. The van der Waals surface area contributed by atoms with Gasteiger partial charge in [-0.2, -0.15) is 0 Å². The van der Waals surface area contributed by atoms with Crippen LogP contribution in [0.15, 0.2) is 24.3 Å². The molecule has 5 unspecified atom stereocenters. The number of nitrogens with zero attached hydrogens (tertiary/aromatic N) is 9. The summed E-state index contributed by atoms with van der Waals surface area (Å²) < 4.78 is 0. The Kier molecular flexibility index (Phi) is 21.7. The third-order valence-electron chi connectivity index (χ3n) is 17.2. The lowest BCUT2D eigenvalue weighted by Gasteiger charge is -2.46. The first kappa shape index (κ1) is 54.5. The van der Waals surface area contributed by atoms with Gasteiger partial charge in [-0.05, 0) is 197 Å². The lowest BCUT2D eigenvalue weighted by Crippen LogP contribution is -2.52. The molecule has 10 heteroatoms. The Balaban J connectivity index is 0.000000134. The maximum absolute atomic E-state index is 11.7. The van der Waals surface area contributed by atoms with E-state index in [9.17, 15) is 4.79 Å². The second kappa shape index (κ2) is 26.6. The molecule has 9 heterocycles. The summed E-state index contributed by atoms with van der Waals surface area (Å²) in [6.07, 6.45) is 19.4. The van der Waals surface area contributed by atoms with Crippen molar-refractivity contribution in [3.8, 4) is 0 Å². The molecule has 67 heavy (non-hydrogen) atoms. The number of aryl methyl sites for hydroxylation is 1. The van der Waals surface area contributed by atoms with Crippen LogP contribution < -0.4 is 4.90 Å². The fourth-order valence-corrected chi connectivity index (χ4v) is 12.8. The summed E-state index contributed by atoms with van der Waals surface area (Å²) in [6.45, 7) is 43.4. The fourth-order valence-electron chi connectivity index (χ4n) is 12.8. The average Bonchev–Trinajstić information content (AvgIpc) is 3.72. The second-order valence-electron chi connectivity index (χ2n) is 23.8. The molecule has 10 nitrogen and oxygen atoms in total. The van der Waals surface area contributed by atoms with Gasteiger partial charge in [0.1, 0.15) is 0 Å². The lowest BCUT2D eigenvalue weighted by molar-refractivity contribution is -0.130. The van der Waals surface area contributed by atoms with E-state index < -0.39 is 0 Å². The number of likely N-dealkylation sites (tertiary alicyclic amines) is 1. The van der Waals surface area contributed by atoms with Gasteiger partial charge in [0.05, 0.1) is 19.4 Å². The Morgan fingerprint density at radius 2 is 1.01 bits per heavy atom. The number of piperazine rings is 1. The molecule has 384 valence electrons. The topological polar surface area (TPSA) is 46.0 Å². The minimum atomic E-state index is 0.229. The highest BCUT2D eigenvalue weighted by atomic mass is 16.2. The van der Waals surface area contributed by atoms with Gasteiger partial charge in [0, 0.05) is 112 Å². The number of hydrogen-bond acceptors (Lipinski definition) is 9. The van der Waals surface area contributed by atoms with Crippen LogP contribution in [0.1, 0.15) is 172 Å². The third-order valence-corrected chi connectivity index (χ3v) is 17.2. The first-order chi connectivity index (χ1) is 32.1. The Morgan fingerprint density at radius 3 is 1.63 bits per heavy atom. The normalized spacial score (nSPS) is 29.0. The van der Waals surface area contributed by atoms with Crippen LogP contribution in [0.3, 0.4) is 0 Å². The number of amides is 1. The van der Waals surface area contributed by atoms with Crippen LogP contribution in [-0.2, 0) is 11.2 Å². The van der Waals surface area contributed by atoms with Gasteiger partial charge in [-0.1, -0.05) is 31.0 Å². The Bertz CT molecular complexity index is 1570. The first-order valence-electron chi connectivity index (χ1n) is 28.5. The minimum Gasteiger partial charge on any atom is -0.369 e. The second-order valence-corrected chi connectivity index (χ2v) is 23.8. The molecule has 0 spiro atoms. The Labute approximate surface area is 413 Å². The van der Waals surface area contributed by atoms with Crippen LogP contribution >= 0.6 is 0 Å². The smallest absolute Gasteiger partial charge is 0.241 e. The molecule has 9 fully saturated rings. The van der Waals surface area contributed by atoms with Crippen LogP contribution in [0, 0.1) is 5.92 Å². The molecule has 1 aromatic carbocycles. The zero-order valence-corrected chi connectivity index (χ0v) is 45.7. The summed E-state index contributed by atoms with van der Waals surface area (Å²) >= 11 is 0. The summed E-state index contributed by atoms with van der Waals surface area (Å²) in [5.74, 6) is 1.40. The van der Waals surface area contributed by atoms with Crippen molar-refractivity contribution in [2.45, 2.75) is 233 Å². The molecule has 8 saturated heterocycles. The highest BCUT2D eigenvalue weighted by Crippen LogP contribution is 2.36. The largest absolute Gasteiger partial charge is 0.369 e. The maximum atomic E-state index is 11.7.